The second kappa shape index (κ2) is 4.71. The molecule has 118 valence electrons. The van der Waals surface area contributed by atoms with Crippen molar-refractivity contribution in [3.63, 3.8) is 0 Å². The van der Waals surface area contributed by atoms with E-state index < -0.39 is 17.5 Å². The lowest BCUT2D eigenvalue weighted by Crippen LogP contribution is -2.36. The maximum Gasteiger partial charge on any atom is 0.412 e. The van der Waals surface area contributed by atoms with Gasteiger partial charge < -0.3 is 9.47 Å². The number of benzene rings is 2. The van der Waals surface area contributed by atoms with Crippen molar-refractivity contribution in [2.24, 2.45) is 0 Å². The first-order chi connectivity index (χ1) is 10.9. The minimum Gasteiger partial charge on any atom is -0.485 e. The van der Waals surface area contributed by atoms with Gasteiger partial charge in [0.25, 0.3) is 0 Å². The van der Waals surface area contributed by atoms with Crippen molar-refractivity contribution in [1.29, 1.82) is 0 Å². The summed E-state index contributed by atoms with van der Waals surface area (Å²) in [6, 6.07) is 6.92. The van der Waals surface area contributed by atoms with Crippen molar-refractivity contribution in [2.75, 3.05) is 5.32 Å². The lowest BCUT2D eigenvalue weighted by atomic mass is 9.84. The van der Waals surface area contributed by atoms with E-state index in [2.05, 4.69) is 21.2 Å². The van der Waals surface area contributed by atoms with Gasteiger partial charge in [-0.3, -0.25) is 5.32 Å². The molecule has 4 nitrogen and oxygen atoms in total. The molecule has 4 rings (SSSR count). The molecule has 6 heteroatoms. The molecule has 0 bridgehead atoms. The van der Waals surface area contributed by atoms with E-state index in [0.717, 1.165) is 16.7 Å². The number of rotatable bonds is 0. The molecule has 0 aliphatic carbocycles. The van der Waals surface area contributed by atoms with Gasteiger partial charge in [-0.05, 0) is 37.6 Å². The number of hydrogen-bond acceptors (Lipinski definition) is 3. The van der Waals surface area contributed by atoms with E-state index in [9.17, 15) is 9.18 Å². The highest BCUT2D eigenvalue weighted by atomic mass is 79.9. The van der Waals surface area contributed by atoms with Crippen LogP contribution in [0.4, 0.5) is 14.9 Å². The molecule has 2 heterocycles. The molecule has 0 aromatic heterocycles. The van der Waals surface area contributed by atoms with Gasteiger partial charge in [0.1, 0.15) is 12.2 Å². The number of carbonyl (C=O) groups is 1. The van der Waals surface area contributed by atoms with Gasteiger partial charge in [-0.15, -0.1) is 0 Å². The molecule has 0 atom stereocenters. The van der Waals surface area contributed by atoms with Gasteiger partial charge in [0.2, 0.25) is 0 Å². The molecule has 2 aromatic rings. The van der Waals surface area contributed by atoms with Crippen molar-refractivity contribution in [1.82, 2.24) is 0 Å². The van der Waals surface area contributed by atoms with Crippen LogP contribution in [0.5, 0.6) is 5.75 Å². The molecule has 0 spiro atoms. The highest BCUT2D eigenvalue weighted by molar-refractivity contribution is 9.10. The molecule has 2 aliphatic rings. The van der Waals surface area contributed by atoms with Crippen LogP contribution in [0.25, 0.3) is 11.1 Å². The molecular weight excluding hydrogens is 365 g/mol. The minimum atomic E-state index is -0.783. The van der Waals surface area contributed by atoms with Crippen LogP contribution >= 0.6 is 15.9 Å². The van der Waals surface area contributed by atoms with Crippen LogP contribution in [-0.4, -0.2) is 6.09 Å². The summed E-state index contributed by atoms with van der Waals surface area (Å²) in [6.07, 6.45) is -0.478. The van der Waals surface area contributed by atoms with Crippen LogP contribution in [0, 0.1) is 5.82 Å². The maximum atomic E-state index is 14.1. The van der Waals surface area contributed by atoms with Crippen molar-refractivity contribution in [3.8, 4) is 16.9 Å². The topological polar surface area (TPSA) is 47.6 Å². The van der Waals surface area contributed by atoms with Crippen LogP contribution in [-0.2, 0) is 16.9 Å². The number of nitrogens with one attached hydrogen (secondary N) is 1. The number of halogens is 2. The quantitative estimate of drug-likeness (QED) is 0.706. The fourth-order valence-corrected chi connectivity index (χ4v) is 3.74. The van der Waals surface area contributed by atoms with Crippen molar-refractivity contribution >= 4 is 27.7 Å². The largest absolute Gasteiger partial charge is 0.485 e. The fraction of sp³-hybridized carbons (Fsp3) is 0.235. The normalized spacial score (nSPS) is 17.1. The third kappa shape index (κ3) is 2.12. The Balaban J connectivity index is 2.00. The molecule has 0 saturated carbocycles. The monoisotopic (exact) mass is 377 g/mol. The van der Waals surface area contributed by atoms with Crippen LogP contribution < -0.4 is 10.1 Å². The molecule has 23 heavy (non-hydrogen) atoms. The Morgan fingerprint density at radius 3 is 2.83 bits per heavy atom. The predicted octanol–water partition coefficient (Wildman–Crippen LogP) is 4.94. The fourth-order valence-electron chi connectivity index (χ4n) is 3.31. The van der Waals surface area contributed by atoms with Crippen LogP contribution in [0.15, 0.2) is 28.7 Å². The summed E-state index contributed by atoms with van der Waals surface area (Å²) < 4.78 is 25.8. The van der Waals surface area contributed by atoms with Crippen molar-refractivity contribution in [2.45, 2.75) is 26.1 Å². The zero-order valence-electron chi connectivity index (χ0n) is 12.5. The number of hydrogen-bond donors (Lipinski definition) is 1. The third-order valence-corrected chi connectivity index (χ3v) is 4.62. The smallest absolute Gasteiger partial charge is 0.412 e. The summed E-state index contributed by atoms with van der Waals surface area (Å²) in [5.41, 5.74) is 3.26. The van der Waals surface area contributed by atoms with Crippen LogP contribution in [0.3, 0.4) is 0 Å². The van der Waals surface area contributed by atoms with Gasteiger partial charge in [-0.25, -0.2) is 9.18 Å². The van der Waals surface area contributed by atoms with Gasteiger partial charge in [0, 0.05) is 21.2 Å². The van der Waals surface area contributed by atoms with Gasteiger partial charge in [0.15, 0.2) is 11.6 Å². The van der Waals surface area contributed by atoms with Gasteiger partial charge in [-0.1, -0.05) is 22.0 Å². The van der Waals surface area contributed by atoms with E-state index in [-0.39, 0.29) is 12.4 Å². The summed E-state index contributed by atoms with van der Waals surface area (Å²) in [5.74, 6) is -0.152. The SMILES string of the molecule is CC1(C)OC(=O)Nc2ccc3c(c21)COc1c(F)cc(Br)cc1-3. The number of carbonyl (C=O) groups excluding carboxylic acids is 1. The zero-order chi connectivity index (χ0) is 16.4. The Bertz CT molecular complexity index is 863. The first kappa shape index (κ1) is 14.5. The number of fused-ring (bicyclic) bond motifs is 5. The molecule has 0 saturated heterocycles. The molecule has 0 fully saturated rings. The molecule has 1 amide bonds. The van der Waals surface area contributed by atoms with Gasteiger partial charge in [-0.2, -0.15) is 0 Å². The molecule has 1 N–H and O–H groups in total. The van der Waals surface area contributed by atoms with E-state index in [1.165, 1.54) is 6.07 Å². The predicted molar refractivity (Wildman–Crippen MR) is 87.0 cm³/mol. The summed E-state index contributed by atoms with van der Waals surface area (Å²) >= 11 is 3.32. The second-order valence-corrected chi connectivity index (χ2v) is 7.01. The zero-order valence-corrected chi connectivity index (χ0v) is 14.1. The van der Waals surface area contributed by atoms with Crippen LogP contribution in [0.2, 0.25) is 0 Å². The first-order valence-electron chi connectivity index (χ1n) is 7.15. The van der Waals surface area contributed by atoms with E-state index in [1.54, 1.807) is 0 Å². The molecule has 2 aromatic carbocycles. The van der Waals surface area contributed by atoms with Crippen molar-refractivity contribution in [3.05, 3.63) is 45.7 Å². The number of ether oxygens (including phenoxy) is 2. The maximum absolute atomic E-state index is 14.1. The Morgan fingerprint density at radius 1 is 1.26 bits per heavy atom. The number of cyclic esters (lactones) is 1. The second-order valence-electron chi connectivity index (χ2n) is 6.09. The lowest BCUT2D eigenvalue weighted by Gasteiger charge is -2.36. The average Bonchev–Trinajstić information content (AvgIpc) is 2.44. The number of anilines is 1. The summed E-state index contributed by atoms with van der Waals surface area (Å²) in [5, 5.41) is 2.71. The first-order valence-corrected chi connectivity index (χ1v) is 7.95. The summed E-state index contributed by atoms with van der Waals surface area (Å²) in [7, 11) is 0. The summed E-state index contributed by atoms with van der Waals surface area (Å²) in [6.45, 7) is 3.90. The van der Waals surface area contributed by atoms with Crippen molar-refractivity contribution < 1.29 is 18.7 Å². The van der Waals surface area contributed by atoms with Gasteiger partial charge >= 0.3 is 6.09 Å². The molecule has 0 radical (unpaired) electrons. The standard InChI is InChI=1S/C17H13BrFNO3/c1-17(2)14-11-7-22-15-10(5-8(18)6-12(15)19)9(11)3-4-13(14)20-16(21)23-17/h3-6H,7H2,1-2H3,(H,20,21). The lowest BCUT2D eigenvalue weighted by molar-refractivity contribution is 0.0405. The molecule has 0 unspecified atom stereocenters. The van der Waals surface area contributed by atoms with Gasteiger partial charge in [0.05, 0.1) is 5.69 Å². The summed E-state index contributed by atoms with van der Waals surface area (Å²) in [4.78, 5) is 11.7. The molecular formula is C17H13BrFNO3. The van der Waals surface area contributed by atoms with Crippen LogP contribution in [0.1, 0.15) is 25.0 Å². The third-order valence-electron chi connectivity index (χ3n) is 4.16. The highest BCUT2D eigenvalue weighted by Crippen LogP contribution is 2.47. The minimum absolute atomic E-state index is 0.229. The Kier molecular flexibility index (Phi) is 2.97. The average molecular weight is 378 g/mol. The Hall–Kier alpha value is -2.08. The van der Waals surface area contributed by atoms with E-state index in [1.807, 2.05) is 32.0 Å². The van der Waals surface area contributed by atoms with E-state index in [0.29, 0.717) is 15.7 Å². The molecule has 2 aliphatic heterocycles. The highest BCUT2D eigenvalue weighted by Gasteiger charge is 2.38. The Morgan fingerprint density at radius 2 is 2.04 bits per heavy atom. The van der Waals surface area contributed by atoms with E-state index >= 15 is 0 Å². The Labute approximate surface area is 140 Å². The number of amides is 1. The van der Waals surface area contributed by atoms with E-state index in [4.69, 9.17) is 9.47 Å².